The van der Waals surface area contributed by atoms with Gasteiger partial charge in [0.05, 0.1) is 19.6 Å². The number of hydrogen-bond donors (Lipinski definition) is 4. The number of nitrogens with zero attached hydrogens (tertiary/aromatic N) is 3. The van der Waals surface area contributed by atoms with E-state index >= 15 is 0 Å². The number of esters is 1. The van der Waals surface area contributed by atoms with E-state index < -0.39 is 63.9 Å². The number of thiazole rings is 1. The molecule has 5 N–H and O–H groups in total. The molecular formula is C15H19N5O10S2. The lowest BCUT2D eigenvalue weighted by molar-refractivity contribution is -0.161. The standard InChI is InChI=1S/C15H19N5O10S2/c1-15(2,13(24)25)30-19-9(6-5-31-14(16)17-6)11(22)18-10-7(4-8(21)29-3)20(12(10)23)32(26,27)28/h5,7,10H,4H2,1-3H3,(H2,16,17)(H,18,22)(H,24,25)(H,26,27,28). The van der Waals surface area contributed by atoms with E-state index in [1.807, 2.05) is 0 Å². The van der Waals surface area contributed by atoms with Gasteiger partial charge in [-0.1, -0.05) is 5.16 Å². The summed E-state index contributed by atoms with van der Waals surface area (Å²) in [5.41, 5.74) is 3.02. The van der Waals surface area contributed by atoms with E-state index in [0.717, 1.165) is 32.3 Å². The van der Waals surface area contributed by atoms with Gasteiger partial charge < -0.3 is 25.7 Å². The number of ether oxygens (including phenoxy) is 1. The van der Waals surface area contributed by atoms with Crippen LogP contribution in [0.2, 0.25) is 0 Å². The van der Waals surface area contributed by atoms with E-state index in [1.165, 1.54) is 5.38 Å². The van der Waals surface area contributed by atoms with Crippen molar-refractivity contribution in [2.75, 3.05) is 12.8 Å². The summed E-state index contributed by atoms with van der Waals surface area (Å²) in [5.74, 6) is -4.64. The first-order chi connectivity index (χ1) is 14.7. The lowest BCUT2D eigenvalue weighted by atomic mass is 9.95. The SMILES string of the molecule is COC(=O)CC1C(NC(=O)C(=NOC(C)(C)C(=O)O)c2csc(N)n2)C(=O)N1S(=O)(=O)O. The van der Waals surface area contributed by atoms with Crippen LogP contribution in [0, 0.1) is 0 Å². The summed E-state index contributed by atoms with van der Waals surface area (Å²) in [6, 6.07) is -3.04. The molecule has 176 valence electrons. The topological polar surface area (TPSA) is 228 Å². The minimum Gasteiger partial charge on any atom is -0.478 e. The molecule has 0 aromatic carbocycles. The summed E-state index contributed by atoms with van der Waals surface area (Å²) >= 11 is 0.930. The predicted octanol–water partition coefficient (Wildman–Crippen LogP) is -1.63. The van der Waals surface area contributed by atoms with Crippen molar-refractivity contribution in [3.05, 3.63) is 11.1 Å². The van der Waals surface area contributed by atoms with Gasteiger partial charge in [-0.05, 0) is 13.8 Å². The molecular weight excluding hydrogens is 474 g/mol. The Kier molecular flexibility index (Phi) is 7.06. The number of amides is 2. The van der Waals surface area contributed by atoms with Gasteiger partial charge in [0.1, 0.15) is 11.7 Å². The smallest absolute Gasteiger partial charge is 0.362 e. The fourth-order valence-electron chi connectivity index (χ4n) is 2.43. The zero-order valence-corrected chi connectivity index (χ0v) is 18.5. The zero-order chi connectivity index (χ0) is 24.4. The lowest BCUT2D eigenvalue weighted by Gasteiger charge is -2.43. The molecule has 0 bridgehead atoms. The van der Waals surface area contributed by atoms with Crippen LogP contribution in [0.1, 0.15) is 26.0 Å². The molecule has 2 atom stereocenters. The lowest BCUT2D eigenvalue weighted by Crippen LogP contribution is -2.72. The monoisotopic (exact) mass is 493 g/mol. The molecule has 1 saturated heterocycles. The Hall–Kier alpha value is -3.31. The van der Waals surface area contributed by atoms with Crippen molar-refractivity contribution < 1.29 is 46.8 Å². The normalized spacial score (nSPS) is 19.2. The van der Waals surface area contributed by atoms with Crippen molar-refractivity contribution in [1.82, 2.24) is 14.6 Å². The number of oxime groups is 1. The molecule has 2 heterocycles. The first kappa shape index (κ1) is 25.0. The Balaban J connectivity index is 2.34. The molecule has 1 aromatic heterocycles. The number of anilines is 1. The van der Waals surface area contributed by atoms with E-state index in [-0.39, 0.29) is 15.1 Å². The van der Waals surface area contributed by atoms with Crippen LogP contribution in [0.4, 0.5) is 5.13 Å². The van der Waals surface area contributed by atoms with E-state index in [9.17, 15) is 32.1 Å². The summed E-state index contributed by atoms with van der Waals surface area (Å²) in [5, 5.41) is 16.2. The van der Waals surface area contributed by atoms with Gasteiger partial charge >= 0.3 is 22.2 Å². The van der Waals surface area contributed by atoms with Gasteiger partial charge in [-0.15, -0.1) is 11.3 Å². The average molecular weight is 493 g/mol. The molecule has 1 fully saturated rings. The van der Waals surface area contributed by atoms with Crippen molar-refractivity contribution in [3.63, 3.8) is 0 Å². The number of hydrogen-bond acceptors (Lipinski definition) is 12. The Morgan fingerprint density at radius 3 is 2.50 bits per heavy atom. The van der Waals surface area contributed by atoms with E-state index in [1.54, 1.807) is 0 Å². The maximum absolute atomic E-state index is 12.8. The second-order valence-corrected chi connectivity index (χ2v) is 9.01. The minimum absolute atomic E-state index is 0.0244. The Bertz CT molecular complexity index is 1080. The highest BCUT2D eigenvalue weighted by atomic mass is 32.2. The number of nitrogens with one attached hydrogen (secondary N) is 1. The van der Waals surface area contributed by atoms with Crippen molar-refractivity contribution in [2.24, 2.45) is 5.16 Å². The molecule has 0 saturated carbocycles. The largest absolute Gasteiger partial charge is 0.478 e. The van der Waals surface area contributed by atoms with Gasteiger partial charge in [-0.3, -0.25) is 18.9 Å². The van der Waals surface area contributed by atoms with Gasteiger partial charge in [0, 0.05) is 5.38 Å². The summed E-state index contributed by atoms with van der Waals surface area (Å²) < 4.78 is 36.6. The van der Waals surface area contributed by atoms with Crippen LogP contribution in [0.25, 0.3) is 0 Å². The summed E-state index contributed by atoms with van der Waals surface area (Å²) in [4.78, 5) is 56.6. The number of nitrogen functional groups attached to an aromatic ring is 1. The number of carboxylic acid groups (broad SMARTS) is 1. The average Bonchev–Trinajstić information content (AvgIpc) is 3.10. The molecule has 32 heavy (non-hydrogen) atoms. The number of nitrogens with two attached hydrogens (primary N) is 1. The number of methoxy groups -OCH3 is 1. The molecule has 2 unspecified atom stereocenters. The highest BCUT2D eigenvalue weighted by Crippen LogP contribution is 2.27. The van der Waals surface area contributed by atoms with Crippen LogP contribution < -0.4 is 11.1 Å². The second kappa shape index (κ2) is 9.05. The molecule has 0 radical (unpaired) electrons. The number of rotatable bonds is 9. The van der Waals surface area contributed by atoms with E-state index in [2.05, 4.69) is 20.2 Å². The van der Waals surface area contributed by atoms with Crippen molar-refractivity contribution >= 4 is 56.2 Å². The number of aromatic nitrogens is 1. The van der Waals surface area contributed by atoms with Gasteiger partial charge in [0.25, 0.3) is 11.8 Å². The fourth-order valence-corrected chi connectivity index (χ4v) is 3.85. The highest BCUT2D eigenvalue weighted by molar-refractivity contribution is 7.84. The van der Waals surface area contributed by atoms with Crippen molar-refractivity contribution in [1.29, 1.82) is 0 Å². The number of carboxylic acids is 1. The maximum Gasteiger partial charge on any atom is 0.362 e. The predicted molar refractivity (Wildman–Crippen MR) is 107 cm³/mol. The van der Waals surface area contributed by atoms with Gasteiger partial charge in [0.15, 0.2) is 10.8 Å². The van der Waals surface area contributed by atoms with Crippen molar-refractivity contribution in [3.8, 4) is 0 Å². The third-order valence-electron chi connectivity index (χ3n) is 4.17. The van der Waals surface area contributed by atoms with E-state index in [4.69, 9.17) is 15.7 Å². The van der Waals surface area contributed by atoms with Crippen LogP contribution in [-0.4, -0.2) is 81.6 Å². The summed E-state index contributed by atoms with van der Waals surface area (Å²) in [7, 11) is -4.00. The van der Waals surface area contributed by atoms with Crippen LogP contribution in [0.5, 0.6) is 0 Å². The molecule has 2 amide bonds. The van der Waals surface area contributed by atoms with Gasteiger partial charge in [-0.25, -0.2) is 14.1 Å². The molecule has 0 aliphatic carbocycles. The van der Waals surface area contributed by atoms with Crippen LogP contribution in [0.15, 0.2) is 10.5 Å². The third kappa shape index (κ3) is 5.29. The van der Waals surface area contributed by atoms with Crippen molar-refractivity contribution in [2.45, 2.75) is 38.0 Å². The summed E-state index contributed by atoms with van der Waals surface area (Å²) in [6.45, 7) is 2.32. The first-order valence-electron chi connectivity index (χ1n) is 8.58. The Labute approximate surface area is 185 Å². The fraction of sp³-hybridized carbons (Fsp3) is 0.467. The molecule has 15 nitrogen and oxygen atoms in total. The molecule has 17 heteroatoms. The number of β-lactam (4-membered cyclic amide) rings is 1. The number of carbonyl (C=O) groups excluding carboxylic acids is 3. The first-order valence-corrected chi connectivity index (χ1v) is 10.9. The van der Waals surface area contributed by atoms with E-state index in [0.29, 0.717) is 0 Å². The number of aliphatic carboxylic acids is 1. The third-order valence-corrected chi connectivity index (χ3v) is 5.79. The van der Waals surface area contributed by atoms with Crippen LogP contribution in [0.3, 0.4) is 0 Å². The minimum atomic E-state index is -5.02. The maximum atomic E-state index is 12.8. The molecule has 0 spiro atoms. The van der Waals surface area contributed by atoms with Gasteiger partial charge in [-0.2, -0.15) is 8.42 Å². The molecule has 1 aliphatic heterocycles. The van der Waals surface area contributed by atoms with Crippen LogP contribution >= 0.6 is 11.3 Å². The Morgan fingerprint density at radius 2 is 2.03 bits per heavy atom. The summed E-state index contributed by atoms with van der Waals surface area (Å²) in [6.07, 6.45) is -0.661. The van der Waals surface area contributed by atoms with Gasteiger partial charge in [0.2, 0.25) is 5.60 Å². The molecule has 1 aliphatic rings. The second-order valence-electron chi connectivity index (χ2n) is 6.83. The number of carbonyl (C=O) groups is 4. The molecule has 2 rings (SSSR count). The molecule has 1 aromatic rings. The quantitative estimate of drug-likeness (QED) is 0.0999. The highest BCUT2D eigenvalue weighted by Gasteiger charge is 2.55. The van der Waals surface area contributed by atoms with Crippen LogP contribution in [-0.2, 0) is 39.1 Å². The Morgan fingerprint density at radius 1 is 1.41 bits per heavy atom. The zero-order valence-electron chi connectivity index (χ0n) is 16.8.